The monoisotopic (exact) mass is 576 g/mol. The fourth-order valence-corrected chi connectivity index (χ4v) is 4.37. The van der Waals surface area contributed by atoms with E-state index in [9.17, 15) is 4.79 Å². The van der Waals surface area contributed by atoms with Gasteiger partial charge < -0.3 is 20.7 Å². The van der Waals surface area contributed by atoms with Gasteiger partial charge in [0.05, 0.1) is 35.7 Å². The van der Waals surface area contributed by atoms with Gasteiger partial charge in [-0.15, -0.1) is 0 Å². The molecule has 186 valence electrons. The van der Waals surface area contributed by atoms with Gasteiger partial charge in [0, 0.05) is 33.7 Å². The predicted octanol–water partition coefficient (Wildman–Crippen LogP) is 7.08. The van der Waals surface area contributed by atoms with Crippen molar-refractivity contribution in [2.24, 2.45) is 0 Å². The molecule has 0 bridgehead atoms. The molecule has 3 aromatic carbocycles. The van der Waals surface area contributed by atoms with Crippen LogP contribution >= 0.6 is 27.5 Å². The van der Waals surface area contributed by atoms with Crippen molar-refractivity contribution in [2.75, 3.05) is 23.1 Å². The molecular weight excluding hydrogens is 556 g/mol. The molecule has 0 atom stereocenters. The Morgan fingerprint density at radius 2 is 1.73 bits per heavy atom. The zero-order valence-electron chi connectivity index (χ0n) is 19.7. The van der Waals surface area contributed by atoms with Gasteiger partial charge in [-0.2, -0.15) is 5.10 Å². The molecule has 37 heavy (non-hydrogen) atoms. The van der Waals surface area contributed by atoms with Crippen molar-refractivity contribution in [3.05, 3.63) is 100 Å². The molecule has 0 aliphatic rings. The maximum absolute atomic E-state index is 12.4. The second-order valence-corrected chi connectivity index (χ2v) is 9.34. The molecule has 0 radical (unpaired) electrons. The minimum atomic E-state index is -0.343. The number of nitrogens with one attached hydrogen (secondary N) is 3. The zero-order chi connectivity index (χ0) is 25.8. The first-order chi connectivity index (χ1) is 18.0. The molecular formula is C27H22BrClN6O2. The molecule has 2 amide bonds. The van der Waals surface area contributed by atoms with Gasteiger partial charge in [0.15, 0.2) is 5.65 Å². The number of hydrogen-bond acceptors (Lipinski definition) is 5. The van der Waals surface area contributed by atoms with E-state index in [-0.39, 0.29) is 6.03 Å². The molecule has 0 unspecified atom stereocenters. The van der Waals surface area contributed by atoms with E-state index < -0.39 is 0 Å². The predicted molar refractivity (Wildman–Crippen MR) is 151 cm³/mol. The molecule has 2 aromatic heterocycles. The second kappa shape index (κ2) is 10.9. The quantitative estimate of drug-likeness (QED) is 0.192. The van der Waals surface area contributed by atoms with Crippen LogP contribution in [0.25, 0.3) is 16.9 Å². The standard InChI is InChI=1S/C27H22BrClN6O2/c1-37-21-6-4-5-19(13-21)33-27(36)32-18-11-9-17(10-12-18)30-15-20-14-25(22-7-2-3-8-24(22)29)34-26-23(28)16-31-35(20)26/h2-14,16,30H,15H2,1H3,(H2,32,33,36). The number of carbonyl (C=O) groups is 1. The molecule has 0 saturated heterocycles. The van der Waals surface area contributed by atoms with Gasteiger partial charge >= 0.3 is 6.03 Å². The van der Waals surface area contributed by atoms with Crippen molar-refractivity contribution in [1.29, 1.82) is 0 Å². The summed E-state index contributed by atoms with van der Waals surface area (Å²) in [6, 6.07) is 23.9. The van der Waals surface area contributed by atoms with Gasteiger partial charge in [-0.25, -0.2) is 14.3 Å². The molecule has 2 heterocycles. The fraction of sp³-hybridized carbons (Fsp3) is 0.0741. The van der Waals surface area contributed by atoms with Gasteiger partial charge in [0.1, 0.15) is 5.75 Å². The molecule has 5 rings (SSSR count). The largest absolute Gasteiger partial charge is 0.497 e. The number of hydrogen-bond donors (Lipinski definition) is 3. The number of aromatic nitrogens is 3. The summed E-state index contributed by atoms with van der Waals surface area (Å²) >= 11 is 9.96. The maximum atomic E-state index is 12.4. The third-order valence-corrected chi connectivity index (χ3v) is 6.49. The number of rotatable bonds is 7. The van der Waals surface area contributed by atoms with Crippen molar-refractivity contribution in [3.63, 3.8) is 0 Å². The van der Waals surface area contributed by atoms with Gasteiger partial charge in [-0.1, -0.05) is 35.9 Å². The summed E-state index contributed by atoms with van der Waals surface area (Å²) < 4.78 is 7.77. The summed E-state index contributed by atoms with van der Waals surface area (Å²) in [6.45, 7) is 0.494. The van der Waals surface area contributed by atoms with Crippen molar-refractivity contribution in [2.45, 2.75) is 6.54 Å². The third-order valence-electron chi connectivity index (χ3n) is 5.60. The average Bonchev–Trinajstić information content (AvgIpc) is 3.29. The lowest BCUT2D eigenvalue weighted by atomic mass is 10.1. The van der Waals surface area contributed by atoms with E-state index in [4.69, 9.17) is 21.3 Å². The number of methoxy groups -OCH3 is 1. The van der Waals surface area contributed by atoms with Gasteiger partial charge in [0.2, 0.25) is 0 Å². The Morgan fingerprint density at radius 1 is 0.973 bits per heavy atom. The lowest BCUT2D eigenvalue weighted by Crippen LogP contribution is -2.19. The van der Waals surface area contributed by atoms with Crippen LogP contribution in [0.2, 0.25) is 5.02 Å². The first kappa shape index (κ1) is 24.6. The van der Waals surface area contributed by atoms with Crippen LogP contribution in [0.1, 0.15) is 5.69 Å². The molecule has 8 nitrogen and oxygen atoms in total. The average molecular weight is 578 g/mol. The number of halogens is 2. The van der Waals surface area contributed by atoms with Crippen LogP contribution in [-0.4, -0.2) is 27.7 Å². The summed E-state index contributed by atoms with van der Waals surface area (Å²) in [5, 5.41) is 14.1. The van der Waals surface area contributed by atoms with Crippen molar-refractivity contribution >= 4 is 56.3 Å². The van der Waals surface area contributed by atoms with E-state index in [2.05, 4.69) is 37.0 Å². The Hall–Kier alpha value is -4.08. The Morgan fingerprint density at radius 3 is 2.51 bits per heavy atom. The number of carbonyl (C=O) groups excluding carboxylic acids is 1. The Bertz CT molecular complexity index is 1570. The molecule has 0 fully saturated rings. The summed E-state index contributed by atoms with van der Waals surface area (Å²) in [4.78, 5) is 17.1. The number of anilines is 3. The lowest BCUT2D eigenvalue weighted by Gasteiger charge is -2.12. The van der Waals surface area contributed by atoms with Crippen LogP contribution in [0.3, 0.4) is 0 Å². The summed E-state index contributed by atoms with van der Waals surface area (Å²) in [5.41, 5.74) is 5.41. The highest BCUT2D eigenvalue weighted by atomic mass is 79.9. The second-order valence-electron chi connectivity index (χ2n) is 8.08. The highest BCUT2D eigenvalue weighted by Crippen LogP contribution is 2.29. The van der Waals surface area contributed by atoms with E-state index in [0.717, 1.165) is 27.1 Å². The molecule has 0 saturated carbocycles. The van der Waals surface area contributed by atoms with Crippen LogP contribution < -0.4 is 20.7 Å². The Balaban J connectivity index is 1.28. The highest BCUT2D eigenvalue weighted by Gasteiger charge is 2.13. The van der Waals surface area contributed by atoms with Gasteiger partial charge in [-0.3, -0.25) is 0 Å². The van der Waals surface area contributed by atoms with E-state index in [1.807, 2.05) is 66.7 Å². The number of urea groups is 1. The first-order valence-electron chi connectivity index (χ1n) is 11.3. The molecule has 10 heteroatoms. The Labute approximate surface area is 226 Å². The van der Waals surface area contributed by atoms with Crippen LogP contribution in [0, 0.1) is 0 Å². The SMILES string of the molecule is COc1cccc(NC(=O)Nc2ccc(NCc3cc(-c4ccccc4Cl)nc4c(Br)cnn34)cc2)c1. The first-order valence-corrected chi connectivity index (χ1v) is 12.5. The number of nitrogens with zero attached hydrogens (tertiary/aromatic N) is 3. The molecule has 5 aromatic rings. The molecule has 0 spiro atoms. The van der Waals surface area contributed by atoms with Gasteiger partial charge in [-0.05, 0) is 64.5 Å². The minimum absolute atomic E-state index is 0.343. The summed E-state index contributed by atoms with van der Waals surface area (Å²) in [5.74, 6) is 0.668. The lowest BCUT2D eigenvalue weighted by molar-refractivity contribution is 0.262. The minimum Gasteiger partial charge on any atom is -0.497 e. The normalized spacial score (nSPS) is 10.8. The summed E-state index contributed by atoms with van der Waals surface area (Å²) in [7, 11) is 1.58. The molecule has 3 N–H and O–H groups in total. The number of ether oxygens (including phenoxy) is 1. The molecule has 0 aliphatic carbocycles. The van der Waals surface area contributed by atoms with Gasteiger partial charge in [0.25, 0.3) is 0 Å². The topological polar surface area (TPSA) is 92.6 Å². The Kier molecular flexibility index (Phi) is 7.25. The maximum Gasteiger partial charge on any atom is 0.323 e. The van der Waals surface area contributed by atoms with E-state index in [1.54, 1.807) is 30.0 Å². The van der Waals surface area contributed by atoms with Crippen LogP contribution in [0.15, 0.2) is 89.5 Å². The van der Waals surface area contributed by atoms with Crippen LogP contribution in [-0.2, 0) is 6.54 Å². The number of fused-ring (bicyclic) bond motifs is 1. The van der Waals surface area contributed by atoms with Crippen LogP contribution in [0.5, 0.6) is 5.75 Å². The third kappa shape index (κ3) is 5.68. The zero-order valence-corrected chi connectivity index (χ0v) is 22.0. The number of amides is 2. The van der Waals surface area contributed by atoms with E-state index in [0.29, 0.717) is 34.3 Å². The van der Waals surface area contributed by atoms with Crippen molar-refractivity contribution in [1.82, 2.24) is 14.6 Å². The van der Waals surface area contributed by atoms with Crippen molar-refractivity contribution < 1.29 is 9.53 Å². The smallest absolute Gasteiger partial charge is 0.323 e. The van der Waals surface area contributed by atoms with E-state index >= 15 is 0 Å². The summed E-state index contributed by atoms with van der Waals surface area (Å²) in [6.07, 6.45) is 1.72. The van der Waals surface area contributed by atoms with E-state index in [1.165, 1.54) is 0 Å². The molecule has 0 aliphatic heterocycles. The highest BCUT2D eigenvalue weighted by molar-refractivity contribution is 9.10. The van der Waals surface area contributed by atoms with Crippen LogP contribution in [0.4, 0.5) is 21.9 Å². The number of benzene rings is 3. The van der Waals surface area contributed by atoms with Crippen molar-refractivity contribution in [3.8, 4) is 17.0 Å². The fourth-order valence-electron chi connectivity index (χ4n) is 3.79.